The second kappa shape index (κ2) is 6.91. The molecule has 0 saturated heterocycles. The number of rotatable bonds is 6. The topological polar surface area (TPSA) is 56.1 Å². The first-order valence-corrected chi connectivity index (χ1v) is 5.91. The molecule has 17 heavy (non-hydrogen) atoms. The highest BCUT2D eigenvalue weighted by molar-refractivity contribution is 5.85. The lowest BCUT2D eigenvalue weighted by Gasteiger charge is -2.21. The molecule has 4 heteroatoms. The highest BCUT2D eigenvalue weighted by Gasteiger charge is 2.05. The van der Waals surface area contributed by atoms with E-state index in [0.717, 1.165) is 18.8 Å². The highest BCUT2D eigenvalue weighted by atomic mass is 16.3. The Kier molecular flexibility index (Phi) is 5.49. The summed E-state index contributed by atoms with van der Waals surface area (Å²) in [7, 11) is 0. The van der Waals surface area contributed by atoms with E-state index in [2.05, 4.69) is 23.7 Å². The first-order valence-electron chi connectivity index (χ1n) is 5.91. The smallest absolute Gasteiger partial charge is 0.124 e. The Labute approximate surface area is 102 Å². The van der Waals surface area contributed by atoms with Crippen molar-refractivity contribution in [1.82, 2.24) is 0 Å². The number of anilines is 1. The molecule has 0 heterocycles. The lowest BCUT2D eigenvalue weighted by atomic mass is 10.1. The Morgan fingerprint density at radius 2 is 2.00 bits per heavy atom. The van der Waals surface area contributed by atoms with Crippen molar-refractivity contribution in [3.8, 4) is 5.75 Å². The molecule has 0 atom stereocenters. The maximum absolute atomic E-state index is 9.69. The molecular weight excluding hydrogens is 216 g/mol. The molecule has 4 nitrogen and oxygen atoms in total. The van der Waals surface area contributed by atoms with E-state index in [9.17, 15) is 5.11 Å². The molecule has 0 aromatic heterocycles. The Morgan fingerprint density at radius 3 is 2.59 bits per heavy atom. The van der Waals surface area contributed by atoms with E-state index in [-0.39, 0.29) is 12.4 Å². The van der Waals surface area contributed by atoms with Gasteiger partial charge in [0.1, 0.15) is 5.75 Å². The predicted octanol–water partition coefficient (Wildman–Crippen LogP) is 1.65. The molecule has 1 aromatic carbocycles. The van der Waals surface area contributed by atoms with Gasteiger partial charge in [0.05, 0.1) is 13.2 Å². The average Bonchev–Trinajstić information content (AvgIpc) is 2.34. The molecule has 0 aliphatic heterocycles. The zero-order chi connectivity index (χ0) is 12.7. The van der Waals surface area contributed by atoms with Crippen molar-refractivity contribution in [3.63, 3.8) is 0 Å². The average molecular weight is 236 g/mol. The molecule has 94 valence electrons. The maximum Gasteiger partial charge on any atom is 0.124 e. The summed E-state index contributed by atoms with van der Waals surface area (Å²) < 4.78 is 0. The quantitative estimate of drug-likeness (QED) is 0.738. The molecule has 0 saturated carbocycles. The van der Waals surface area contributed by atoms with Gasteiger partial charge in [-0.1, -0.05) is 0 Å². The standard InChI is InChI=1S/C13H20N2O2/c1-3-15(4-2)12-5-6-13(17)11(9-12)10-14-7-8-16/h5-6,9-10,16-17H,3-4,7-8H2,1-2H3. The summed E-state index contributed by atoms with van der Waals surface area (Å²) in [5.74, 6) is 0.211. The lowest BCUT2D eigenvalue weighted by Crippen LogP contribution is -2.21. The van der Waals surface area contributed by atoms with Crippen LogP contribution >= 0.6 is 0 Å². The molecular formula is C13H20N2O2. The van der Waals surface area contributed by atoms with Crippen molar-refractivity contribution in [2.24, 2.45) is 4.99 Å². The van der Waals surface area contributed by atoms with E-state index >= 15 is 0 Å². The number of aliphatic hydroxyl groups is 1. The summed E-state index contributed by atoms with van der Waals surface area (Å²) in [6.45, 7) is 6.41. The third kappa shape index (κ3) is 3.75. The molecule has 0 unspecified atom stereocenters. The number of aliphatic hydroxyl groups excluding tert-OH is 1. The van der Waals surface area contributed by atoms with E-state index in [0.29, 0.717) is 12.1 Å². The Balaban J connectivity index is 2.93. The van der Waals surface area contributed by atoms with Crippen molar-refractivity contribution < 1.29 is 10.2 Å². The van der Waals surface area contributed by atoms with Crippen molar-refractivity contribution >= 4 is 11.9 Å². The maximum atomic E-state index is 9.69. The van der Waals surface area contributed by atoms with Gasteiger partial charge in [0.2, 0.25) is 0 Å². The Bertz CT molecular complexity index is 374. The zero-order valence-corrected chi connectivity index (χ0v) is 10.4. The van der Waals surface area contributed by atoms with Crippen LogP contribution < -0.4 is 4.90 Å². The van der Waals surface area contributed by atoms with Gasteiger partial charge in [-0.25, -0.2) is 0 Å². The molecule has 0 bridgehead atoms. The van der Waals surface area contributed by atoms with Gasteiger partial charge in [0, 0.05) is 30.6 Å². The van der Waals surface area contributed by atoms with Gasteiger partial charge in [0.15, 0.2) is 0 Å². The van der Waals surface area contributed by atoms with Crippen LogP contribution in [0.1, 0.15) is 19.4 Å². The van der Waals surface area contributed by atoms with E-state index in [1.165, 1.54) is 0 Å². The van der Waals surface area contributed by atoms with E-state index in [1.54, 1.807) is 12.3 Å². The van der Waals surface area contributed by atoms with Gasteiger partial charge in [-0.3, -0.25) is 4.99 Å². The van der Waals surface area contributed by atoms with E-state index < -0.39 is 0 Å². The van der Waals surface area contributed by atoms with Gasteiger partial charge in [-0.15, -0.1) is 0 Å². The molecule has 0 amide bonds. The van der Waals surface area contributed by atoms with Crippen molar-refractivity contribution in [2.45, 2.75) is 13.8 Å². The van der Waals surface area contributed by atoms with E-state index in [4.69, 9.17) is 5.11 Å². The first-order chi connectivity index (χ1) is 8.22. The normalized spacial score (nSPS) is 11.0. The molecule has 0 spiro atoms. The Morgan fingerprint density at radius 1 is 1.29 bits per heavy atom. The second-order valence-electron chi connectivity index (χ2n) is 3.67. The van der Waals surface area contributed by atoms with Crippen LogP contribution in [0.25, 0.3) is 0 Å². The predicted molar refractivity (Wildman–Crippen MR) is 71.2 cm³/mol. The lowest BCUT2D eigenvalue weighted by molar-refractivity contribution is 0.307. The SMILES string of the molecule is CCN(CC)c1ccc(O)c(C=NCCO)c1. The second-order valence-corrected chi connectivity index (χ2v) is 3.67. The number of phenolic OH excluding ortho intramolecular Hbond substituents is 1. The fraction of sp³-hybridized carbons (Fsp3) is 0.462. The van der Waals surface area contributed by atoms with Crippen LogP contribution in [-0.2, 0) is 0 Å². The summed E-state index contributed by atoms with van der Waals surface area (Å²) in [5, 5.41) is 18.3. The van der Waals surface area contributed by atoms with E-state index in [1.807, 2.05) is 12.1 Å². The van der Waals surface area contributed by atoms with Gasteiger partial charge < -0.3 is 15.1 Å². The zero-order valence-electron chi connectivity index (χ0n) is 10.4. The van der Waals surface area contributed by atoms with Crippen LogP contribution in [0.4, 0.5) is 5.69 Å². The minimum Gasteiger partial charge on any atom is -0.507 e. The minimum absolute atomic E-state index is 0.0208. The Hall–Kier alpha value is -1.55. The van der Waals surface area contributed by atoms with Crippen LogP contribution in [0, 0.1) is 0 Å². The highest BCUT2D eigenvalue weighted by Crippen LogP contribution is 2.22. The van der Waals surface area contributed by atoms with Crippen LogP contribution in [0.2, 0.25) is 0 Å². The number of benzene rings is 1. The summed E-state index contributed by atoms with van der Waals surface area (Å²) in [4.78, 5) is 6.22. The van der Waals surface area contributed by atoms with Crippen molar-refractivity contribution in [3.05, 3.63) is 23.8 Å². The summed E-state index contributed by atoms with van der Waals surface area (Å²) in [5.41, 5.74) is 1.75. The number of hydrogen-bond acceptors (Lipinski definition) is 4. The third-order valence-electron chi connectivity index (χ3n) is 2.60. The van der Waals surface area contributed by atoms with Gasteiger partial charge >= 0.3 is 0 Å². The summed E-state index contributed by atoms with van der Waals surface area (Å²) in [6, 6.07) is 5.48. The molecule has 0 fully saturated rings. The number of phenols is 1. The molecule has 0 aliphatic carbocycles. The van der Waals surface area contributed by atoms with Crippen LogP contribution in [-0.4, -0.2) is 42.7 Å². The first kappa shape index (κ1) is 13.5. The van der Waals surface area contributed by atoms with Gasteiger partial charge in [0.25, 0.3) is 0 Å². The number of hydrogen-bond donors (Lipinski definition) is 2. The van der Waals surface area contributed by atoms with Gasteiger partial charge in [-0.05, 0) is 32.0 Å². The summed E-state index contributed by atoms with van der Waals surface area (Å²) in [6.07, 6.45) is 1.60. The van der Waals surface area contributed by atoms with Crippen molar-refractivity contribution in [1.29, 1.82) is 0 Å². The van der Waals surface area contributed by atoms with Crippen LogP contribution in [0.3, 0.4) is 0 Å². The summed E-state index contributed by atoms with van der Waals surface area (Å²) >= 11 is 0. The molecule has 2 N–H and O–H groups in total. The number of aliphatic imine (C=N–C) groups is 1. The van der Waals surface area contributed by atoms with Crippen molar-refractivity contribution in [2.75, 3.05) is 31.1 Å². The minimum atomic E-state index is 0.0208. The molecule has 1 rings (SSSR count). The fourth-order valence-corrected chi connectivity index (χ4v) is 1.65. The van der Waals surface area contributed by atoms with Crippen LogP contribution in [0.15, 0.2) is 23.2 Å². The number of nitrogens with zero attached hydrogens (tertiary/aromatic N) is 2. The monoisotopic (exact) mass is 236 g/mol. The molecule has 0 aliphatic rings. The van der Waals surface area contributed by atoms with Gasteiger partial charge in [-0.2, -0.15) is 0 Å². The fourth-order valence-electron chi connectivity index (χ4n) is 1.65. The number of aromatic hydroxyl groups is 1. The largest absolute Gasteiger partial charge is 0.507 e. The van der Waals surface area contributed by atoms with Crippen LogP contribution in [0.5, 0.6) is 5.75 Å². The molecule has 0 radical (unpaired) electrons. The molecule has 1 aromatic rings. The third-order valence-corrected chi connectivity index (χ3v) is 2.60.